The van der Waals surface area contributed by atoms with Crippen molar-refractivity contribution in [1.82, 2.24) is 5.32 Å². The topological polar surface area (TPSA) is 75.6 Å². The van der Waals surface area contributed by atoms with Crippen LogP contribution in [-0.4, -0.2) is 30.1 Å². The Kier molecular flexibility index (Phi) is 5.00. The third kappa shape index (κ3) is 4.55. The third-order valence-electron chi connectivity index (χ3n) is 2.07. The van der Waals surface area contributed by atoms with Gasteiger partial charge in [-0.2, -0.15) is 0 Å². The number of phenolic OH excluding ortho intramolecular Hbond substituents is 1. The molecule has 0 radical (unpaired) electrons. The molecule has 0 aliphatic heterocycles. The summed E-state index contributed by atoms with van der Waals surface area (Å²) in [6.07, 6.45) is 0.541. The molecule has 0 saturated carbocycles. The van der Waals surface area contributed by atoms with Crippen molar-refractivity contribution in [2.75, 3.05) is 13.2 Å². The maximum atomic E-state index is 11.2. The minimum atomic E-state index is -0.872. The number of ether oxygens (including phenoxy) is 1. The van der Waals surface area contributed by atoms with Gasteiger partial charge in [-0.05, 0) is 31.0 Å². The van der Waals surface area contributed by atoms with Gasteiger partial charge in [0, 0.05) is 6.54 Å². The van der Waals surface area contributed by atoms with Gasteiger partial charge in [0.2, 0.25) is 0 Å². The Labute approximate surface area is 99.4 Å². The van der Waals surface area contributed by atoms with Gasteiger partial charge in [0.05, 0.1) is 6.61 Å². The number of hydrogen-bond donors (Lipinski definition) is 2. The molecule has 0 heterocycles. The fourth-order valence-corrected chi connectivity index (χ4v) is 1.30. The van der Waals surface area contributed by atoms with E-state index in [1.807, 2.05) is 6.07 Å². The second kappa shape index (κ2) is 6.52. The fourth-order valence-electron chi connectivity index (χ4n) is 1.30. The second-order valence-electron chi connectivity index (χ2n) is 3.40. The molecular formula is C12H15NO4. The van der Waals surface area contributed by atoms with E-state index in [1.54, 1.807) is 25.1 Å². The van der Waals surface area contributed by atoms with E-state index in [9.17, 15) is 14.7 Å². The molecule has 92 valence electrons. The zero-order valence-corrected chi connectivity index (χ0v) is 9.60. The standard InChI is InChI=1S/C12H15NO4/c1-2-17-12(16)11(15)13-7-6-9-4-3-5-10(14)8-9/h3-5,8,14H,2,6-7H2,1H3,(H,13,15). The lowest BCUT2D eigenvalue weighted by molar-refractivity contribution is -0.154. The van der Waals surface area contributed by atoms with Crippen LogP contribution in [0.2, 0.25) is 0 Å². The maximum Gasteiger partial charge on any atom is 0.396 e. The molecule has 0 saturated heterocycles. The average Bonchev–Trinajstić information content (AvgIpc) is 2.29. The molecule has 1 aromatic rings. The number of carbonyl (C=O) groups is 2. The fraction of sp³-hybridized carbons (Fsp3) is 0.333. The van der Waals surface area contributed by atoms with Gasteiger partial charge in [-0.3, -0.25) is 4.79 Å². The van der Waals surface area contributed by atoms with Crippen LogP contribution in [0.15, 0.2) is 24.3 Å². The van der Waals surface area contributed by atoms with Crippen molar-refractivity contribution in [2.45, 2.75) is 13.3 Å². The number of benzene rings is 1. The van der Waals surface area contributed by atoms with Crippen LogP contribution in [0.25, 0.3) is 0 Å². The minimum absolute atomic E-state index is 0.179. The molecular weight excluding hydrogens is 222 g/mol. The average molecular weight is 237 g/mol. The first kappa shape index (κ1) is 13.0. The molecule has 0 atom stereocenters. The number of carbonyl (C=O) groups excluding carboxylic acids is 2. The van der Waals surface area contributed by atoms with Crippen LogP contribution in [0, 0.1) is 0 Å². The van der Waals surface area contributed by atoms with Gasteiger partial charge in [0.25, 0.3) is 0 Å². The molecule has 2 N–H and O–H groups in total. The quantitative estimate of drug-likeness (QED) is 0.594. The Morgan fingerprint density at radius 3 is 2.82 bits per heavy atom. The van der Waals surface area contributed by atoms with E-state index in [2.05, 4.69) is 10.1 Å². The lowest BCUT2D eigenvalue weighted by Gasteiger charge is -2.05. The molecule has 0 unspecified atom stereocenters. The van der Waals surface area contributed by atoms with Crippen LogP contribution < -0.4 is 5.32 Å². The smallest absolute Gasteiger partial charge is 0.396 e. The number of phenols is 1. The number of rotatable bonds is 4. The van der Waals surface area contributed by atoms with E-state index < -0.39 is 11.9 Å². The molecule has 0 spiro atoms. The van der Waals surface area contributed by atoms with E-state index in [1.165, 1.54) is 0 Å². The molecule has 0 fully saturated rings. The first-order valence-corrected chi connectivity index (χ1v) is 5.36. The van der Waals surface area contributed by atoms with Crippen molar-refractivity contribution >= 4 is 11.9 Å². The second-order valence-corrected chi connectivity index (χ2v) is 3.40. The van der Waals surface area contributed by atoms with Crippen LogP contribution in [-0.2, 0) is 20.7 Å². The van der Waals surface area contributed by atoms with E-state index >= 15 is 0 Å². The van der Waals surface area contributed by atoms with Gasteiger partial charge in [0.1, 0.15) is 5.75 Å². The molecule has 0 aliphatic carbocycles. The molecule has 5 heteroatoms. The summed E-state index contributed by atoms with van der Waals surface area (Å²) in [5.74, 6) is -1.44. The first-order chi connectivity index (χ1) is 8.13. The van der Waals surface area contributed by atoms with E-state index in [4.69, 9.17) is 0 Å². The number of aromatic hydroxyl groups is 1. The lowest BCUT2D eigenvalue weighted by Crippen LogP contribution is -2.33. The van der Waals surface area contributed by atoms with Gasteiger partial charge in [-0.25, -0.2) is 4.79 Å². The van der Waals surface area contributed by atoms with Crippen molar-refractivity contribution in [1.29, 1.82) is 0 Å². The molecule has 0 bridgehead atoms. The maximum absolute atomic E-state index is 11.2. The first-order valence-electron chi connectivity index (χ1n) is 5.36. The van der Waals surface area contributed by atoms with Crippen molar-refractivity contribution in [3.63, 3.8) is 0 Å². The summed E-state index contributed by atoms with van der Waals surface area (Å²) in [5.41, 5.74) is 0.883. The van der Waals surface area contributed by atoms with Crippen LogP contribution in [0.1, 0.15) is 12.5 Å². The van der Waals surface area contributed by atoms with Gasteiger partial charge < -0.3 is 15.2 Å². The molecule has 1 aromatic carbocycles. The van der Waals surface area contributed by atoms with Crippen LogP contribution in [0.5, 0.6) is 5.75 Å². The zero-order valence-electron chi connectivity index (χ0n) is 9.60. The van der Waals surface area contributed by atoms with Crippen molar-refractivity contribution in [3.05, 3.63) is 29.8 Å². The van der Waals surface area contributed by atoms with Gasteiger partial charge >= 0.3 is 11.9 Å². The Morgan fingerprint density at radius 1 is 1.41 bits per heavy atom. The Bertz CT molecular complexity index is 403. The van der Waals surface area contributed by atoms with Crippen molar-refractivity contribution in [2.24, 2.45) is 0 Å². The van der Waals surface area contributed by atoms with E-state index in [-0.39, 0.29) is 12.4 Å². The molecule has 5 nitrogen and oxygen atoms in total. The SMILES string of the molecule is CCOC(=O)C(=O)NCCc1cccc(O)c1. The van der Waals surface area contributed by atoms with E-state index in [0.717, 1.165) is 5.56 Å². The number of esters is 1. The van der Waals surface area contributed by atoms with Crippen molar-refractivity contribution in [3.8, 4) is 5.75 Å². The van der Waals surface area contributed by atoms with E-state index in [0.29, 0.717) is 13.0 Å². The van der Waals surface area contributed by atoms with Gasteiger partial charge in [-0.15, -0.1) is 0 Å². The van der Waals surface area contributed by atoms with Crippen LogP contribution in [0.3, 0.4) is 0 Å². The van der Waals surface area contributed by atoms with Crippen molar-refractivity contribution < 1.29 is 19.4 Å². The lowest BCUT2D eigenvalue weighted by atomic mass is 10.1. The molecule has 17 heavy (non-hydrogen) atoms. The Hall–Kier alpha value is -2.04. The van der Waals surface area contributed by atoms with Crippen LogP contribution >= 0.6 is 0 Å². The van der Waals surface area contributed by atoms with Crippen LogP contribution in [0.4, 0.5) is 0 Å². The largest absolute Gasteiger partial charge is 0.508 e. The summed E-state index contributed by atoms with van der Waals surface area (Å²) in [5, 5.41) is 11.7. The third-order valence-corrected chi connectivity index (χ3v) is 2.07. The molecule has 0 aliphatic rings. The highest BCUT2D eigenvalue weighted by Gasteiger charge is 2.13. The monoisotopic (exact) mass is 237 g/mol. The molecule has 1 rings (SSSR count). The predicted octanol–water partition coefficient (Wildman–Crippen LogP) is 0.614. The highest BCUT2D eigenvalue weighted by atomic mass is 16.5. The minimum Gasteiger partial charge on any atom is -0.508 e. The summed E-state index contributed by atoms with van der Waals surface area (Å²) < 4.78 is 4.53. The zero-order chi connectivity index (χ0) is 12.7. The highest BCUT2D eigenvalue weighted by Crippen LogP contribution is 2.10. The van der Waals surface area contributed by atoms with Gasteiger partial charge in [-0.1, -0.05) is 12.1 Å². The number of nitrogens with one attached hydrogen (secondary N) is 1. The summed E-state index contributed by atoms with van der Waals surface area (Å²) in [6.45, 7) is 2.14. The highest BCUT2D eigenvalue weighted by molar-refractivity contribution is 6.32. The Morgan fingerprint density at radius 2 is 2.18 bits per heavy atom. The summed E-state index contributed by atoms with van der Waals surface area (Å²) in [6, 6.07) is 6.73. The normalized spacial score (nSPS) is 9.71. The molecule has 0 aromatic heterocycles. The summed E-state index contributed by atoms with van der Waals surface area (Å²) in [7, 11) is 0. The summed E-state index contributed by atoms with van der Waals surface area (Å²) in [4.78, 5) is 22.1. The number of amides is 1. The molecule has 1 amide bonds. The van der Waals surface area contributed by atoms with Gasteiger partial charge in [0.15, 0.2) is 0 Å². The number of hydrogen-bond acceptors (Lipinski definition) is 4. The summed E-state index contributed by atoms with van der Waals surface area (Å²) >= 11 is 0. The predicted molar refractivity (Wildman–Crippen MR) is 61.5 cm³/mol. The Balaban J connectivity index is 2.33.